The number of ether oxygens (including phenoxy) is 3. The molecule has 7 aliphatic rings. The first-order valence-electron chi connectivity index (χ1n) is 17.8. The van der Waals surface area contributed by atoms with Gasteiger partial charge in [-0.3, -0.25) is 4.90 Å². The van der Waals surface area contributed by atoms with E-state index in [-0.39, 0.29) is 55.7 Å². The van der Waals surface area contributed by atoms with Gasteiger partial charge in [0, 0.05) is 12.1 Å². The fourth-order valence-corrected chi connectivity index (χ4v) is 12.7. The minimum Gasteiger partial charge on any atom is -0.394 e. The van der Waals surface area contributed by atoms with Crippen molar-refractivity contribution >= 4 is 13.5 Å². The number of rotatable bonds is 6. The highest BCUT2D eigenvalue weighted by molar-refractivity contribution is 7.59. The molecule has 44 heavy (non-hydrogen) atoms. The summed E-state index contributed by atoms with van der Waals surface area (Å²) in [5, 5.41) is 31.3. The summed E-state index contributed by atoms with van der Waals surface area (Å²) in [6, 6.07) is 0. The molecule has 0 aromatic heterocycles. The largest absolute Gasteiger partial charge is 0.394 e. The summed E-state index contributed by atoms with van der Waals surface area (Å²) in [4.78, 5) is 2.33. The van der Waals surface area contributed by atoms with Crippen molar-refractivity contribution in [2.45, 2.75) is 155 Å². The highest BCUT2D eigenvalue weighted by atomic mass is 32.1. The van der Waals surface area contributed by atoms with Crippen LogP contribution in [0.5, 0.6) is 0 Å². The van der Waals surface area contributed by atoms with Gasteiger partial charge in [-0.1, -0.05) is 20.8 Å². The highest BCUT2D eigenvalue weighted by Crippen LogP contribution is 2.87. The quantitative estimate of drug-likeness (QED) is 0.367. The van der Waals surface area contributed by atoms with Crippen molar-refractivity contribution in [3.05, 3.63) is 0 Å². The van der Waals surface area contributed by atoms with E-state index in [0.29, 0.717) is 40.6 Å². The molecule has 7 nitrogen and oxygen atoms in total. The normalized spacial score (nSPS) is 49.0. The lowest BCUT2D eigenvalue weighted by Crippen LogP contribution is -2.58. The Morgan fingerprint density at radius 2 is 1.66 bits per heavy atom. The van der Waals surface area contributed by atoms with Gasteiger partial charge in [-0.25, -0.2) is 0 Å². The van der Waals surface area contributed by atoms with E-state index >= 15 is 0 Å². The molecule has 5 aliphatic carbocycles. The molecule has 7 rings (SSSR count). The van der Waals surface area contributed by atoms with E-state index in [0.717, 1.165) is 44.7 Å². The molecule has 0 aromatic carbocycles. The van der Waals surface area contributed by atoms with Crippen LogP contribution in [0.15, 0.2) is 0 Å². The highest BCUT2D eigenvalue weighted by Gasteiger charge is 2.80. The topological polar surface area (TPSA) is 91.6 Å². The van der Waals surface area contributed by atoms with Gasteiger partial charge < -0.3 is 29.5 Å². The second kappa shape index (κ2) is 11.0. The summed E-state index contributed by atoms with van der Waals surface area (Å²) >= 11 is 0. The zero-order chi connectivity index (χ0) is 30.8. The first-order chi connectivity index (χ1) is 20.1. The molecule has 7 fully saturated rings. The average molecular weight is 638 g/mol. The molecule has 2 aliphatic heterocycles. The molecule has 0 bridgehead atoms. The summed E-state index contributed by atoms with van der Waals surface area (Å²) in [6.45, 7) is 17.5. The Labute approximate surface area is 273 Å². The zero-order valence-corrected chi connectivity index (χ0v) is 29.6. The Kier molecular flexibility index (Phi) is 8.52. The third kappa shape index (κ3) is 4.84. The standard InChI is InChI=1S/C36H61NO6.H2S/c1-31(2,21-38)37-16-17-41-29(19-37)43-28-12-13-36-20-35(36)15-14-34(7)23-8-10-25(30(39)33(5,6)40)42-26(23)18-24(34)22(35)9-11-27(36)32(28,3)4;/h22-30,38-40H,8-21H2,1-7H3;1H2/t22?,23?,24?,25?,26?,27?,28-,29?,30-,34?,35-,36?;/m0./s1. The lowest BCUT2D eigenvalue weighted by Gasteiger charge is -2.60. The van der Waals surface area contributed by atoms with Gasteiger partial charge in [0.15, 0.2) is 6.29 Å². The van der Waals surface area contributed by atoms with E-state index in [1.165, 1.54) is 38.5 Å². The SMILES string of the molecule is CC12CC[C@@]34CC35CC[C@H](OC3CN(C(C)(C)CO)CCO3)C(C)(C)C5CCC4C1CC1OC([C@H](O)C(C)(C)O)CCC12.S. The lowest BCUT2D eigenvalue weighted by atomic mass is 9.46. The fraction of sp³-hybridized carbons (Fsp3) is 1.00. The average Bonchev–Trinajstić information content (AvgIpc) is 3.53. The number of nitrogens with zero attached hydrogens (tertiary/aromatic N) is 1. The minimum atomic E-state index is -1.14. The summed E-state index contributed by atoms with van der Waals surface area (Å²) < 4.78 is 19.7. The molecule has 12 atom stereocenters. The number of hydrogen-bond donors (Lipinski definition) is 3. The maximum absolute atomic E-state index is 10.8. The number of aliphatic hydroxyl groups is 3. The Morgan fingerprint density at radius 3 is 2.36 bits per heavy atom. The number of fused-ring (bicyclic) bond motifs is 4. The number of morpholine rings is 1. The zero-order valence-electron chi connectivity index (χ0n) is 28.6. The predicted octanol–water partition coefficient (Wildman–Crippen LogP) is 5.25. The third-order valence-electron chi connectivity index (χ3n) is 15.2. The first kappa shape index (κ1) is 34.0. The van der Waals surface area contributed by atoms with Crippen LogP contribution >= 0.6 is 13.5 Å². The van der Waals surface area contributed by atoms with E-state index in [4.69, 9.17) is 14.2 Å². The minimum absolute atomic E-state index is 0. The molecular weight excluding hydrogens is 574 g/mol. The van der Waals surface area contributed by atoms with Crippen LogP contribution in [0.3, 0.4) is 0 Å². The lowest BCUT2D eigenvalue weighted by molar-refractivity contribution is -0.251. The maximum Gasteiger partial charge on any atom is 0.170 e. The van der Waals surface area contributed by atoms with Crippen LogP contribution in [-0.2, 0) is 14.2 Å². The van der Waals surface area contributed by atoms with Crippen LogP contribution in [0.4, 0.5) is 0 Å². The predicted molar refractivity (Wildman–Crippen MR) is 176 cm³/mol. The summed E-state index contributed by atoms with van der Waals surface area (Å²) in [6.07, 6.45) is 11.4. The summed E-state index contributed by atoms with van der Waals surface area (Å²) in [5.74, 6) is 2.78. The molecule has 0 radical (unpaired) electrons. The molecule has 0 aromatic rings. The Hall–Kier alpha value is 0.0700. The van der Waals surface area contributed by atoms with Crippen molar-refractivity contribution in [3.8, 4) is 0 Å². The van der Waals surface area contributed by atoms with Gasteiger partial charge in [-0.05, 0) is 137 Å². The van der Waals surface area contributed by atoms with E-state index in [9.17, 15) is 15.3 Å². The molecule has 9 unspecified atom stereocenters. The monoisotopic (exact) mass is 637 g/mol. The molecule has 0 amide bonds. The van der Waals surface area contributed by atoms with Gasteiger partial charge in [0.05, 0.1) is 43.7 Å². The Balaban J connectivity index is 0.00000343. The van der Waals surface area contributed by atoms with Crippen molar-refractivity contribution in [2.75, 3.05) is 26.3 Å². The van der Waals surface area contributed by atoms with Crippen molar-refractivity contribution < 1.29 is 29.5 Å². The fourth-order valence-electron chi connectivity index (χ4n) is 12.7. The van der Waals surface area contributed by atoms with Crippen molar-refractivity contribution in [2.24, 2.45) is 45.3 Å². The van der Waals surface area contributed by atoms with E-state index in [1.807, 2.05) is 0 Å². The molecule has 2 spiro atoms. The van der Waals surface area contributed by atoms with Gasteiger partial charge in [-0.2, -0.15) is 13.5 Å². The van der Waals surface area contributed by atoms with Gasteiger partial charge >= 0.3 is 0 Å². The molecular formula is C36H63NO6S. The van der Waals surface area contributed by atoms with E-state index < -0.39 is 11.7 Å². The number of aliphatic hydroxyl groups excluding tert-OH is 2. The smallest absolute Gasteiger partial charge is 0.170 e. The summed E-state index contributed by atoms with van der Waals surface area (Å²) in [5.41, 5.74) is 0.00950. The van der Waals surface area contributed by atoms with Crippen molar-refractivity contribution in [1.82, 2.24) is 4.90 Å². The second-order valence-electron chi connectivity index (χ2n) is 18.3. The molecule has 254 valence electrons. The molecule has 3 N–H and O–H groups in total. The Bertz CT molecular complexity index is 1080. The van der Waals surface area contributed by atoms with Crippen LogP contribution in [0.1, 0.15) is 113 Å². The first-order valence-corrected chi connectivity index (χ1v) is 17.8. The molecule has 2 heterocycles. The van der Waals surface area contributed by atoms with Crippen LogP contribution in [0.2, 0.25) is 0 Å². The maximum atomic E-state index is 10.8. The van der Waals surface area contributed by atoms with Gasteiger partial charge in [-0.15, -0.1) is 0 Å². The van der Waals surface area contributed by atoms with E-state index in [1.54, 1.807) is 13.8 Å². The van der Waals surface area contributed by atoms with Crippen molar-refractivity contribution in [1.29, 1.82) is 0 Å². The van der Waals surface area contributed by atoms with Crippen LogP contribution in [0, 0.1) is 45.3 Å². The molecule has 2 saturated heterocycles. The van der Waals surface area contributed by atoms with Crippen molar-refractivity contribution in [3.63, 3.8) is 0 Å². The molecule has 8 heteroatoms. The van der Waals surface area contributed by atoms with Crippen LogP contribution < -0.4 is 0 Å². The van der Waals surface area contributed by atoms with Crippen LogP contribution in [-0.4, -0.2) is 88.4 Å². The molecule has 5 saturated carbocycles. The van der Waals surface area contributed by atoms with Gasteiger partial charge in [0.2, 0.25) is 0 Å². The Morgan fingerprint density at radius 1 is 0.932 bits per heavy atom. The third-order valence-corrected chi connectivity index (χ3v) is 15.2. The van der Waals surface area contributed by atoms with E-state index in [2.05, 4.69) is 39.5 Å². The van der Waals surface area contributed by atoms with Gasteiger partial charge in [0.1, 0.15) is 6.10 Å². The van der Waals surface area contributed by atoms with Crippen LogP contribution in [0.25, 0.3) is 0 Å². The number of hydrogen-bond acceptors (Lipinski definition) is 7. The summed E-state index contributed by atoms with van der Waals surface area (Å²) in [7, 11) is 0. The second-order valence-corrected chi connectivity index (χ2v) is 18.3. The van der Waals surface area contributed by atoms with Gasteiger partial charge in [0.25, 0.3) is 0 Å².